The van der Waals surface area contributed by atoms with Crippen molar-refractivity contribution in [2.45, 2.75) is 82.4 Å². The summed E-state index contributed by atoms with van der Waals surface area (Å²) < 4.78 is 23.4. The minimum absolute atomic E-state index is 0. The molecule has 0 aromatic heterocycles. The van der Waals surface area contributed by atoms with Crippen molar-refractivity contribution in [2.24, 2.45) is 0 Å². The van der Waals surface area contributed by atoms with Crippen LogP contribution in [0.2, 0.25) is 13.3 Å². The van der Waals surface area contributed by atoms with Crippen molar-refractivity contribution in [3.63, 3.8) is 0 Å². The molecule has 0 N–H and O–H groups in total. The molecule has 0 aliphatic carbocycles. The van der Waals surface area contributed by atoms with Gasteiger partial charge in [0, 0.05) is 0 Å². The Kier molecular flexibility index (Phi) is 44.5. The largest absolute Gasteiger partial charge is 0.813 e. The summed E-state index contributed by atoms with van der Waals surface area (Å²) in [7, 11) is -0.559. The summed E-state index contributed by atoms with van der Waals surface area (Å²) in [6, 6.07) is 0. The molecule has 0 amide bonds. The maximum Gasteiger partial charge on any atom is -0.813 e. The Morgan fingerprint density at radius 1 is 0.581 bits per heavy atom. The van der Waals surface area contributed by atoms with Crippen LogP contribution >= 0.6 is 37.9 Å². The molecule has 0 spiro atoms. The van der Waals surface area contributed by atoms with Crippen molar-refractivity contribution in [1.29, 1.82) is 0 Å². The Labute approximate surface area is 261 Å². The summed E-state index contributed by atoms with van der Waals surface area (Å²) >= 11 is 12.3. The molecule has 3 atom stereocenters. The molecule has 0 aliphatic rings. The van der Waals surface area contributed by atoms with E-state index in [-0.39, 0.29) is 40.5 Å². The van der Waals surface area contributed by atoms with E-state index in [9.17, 15) is 0 Å². The van der Waals surface area contributed by atoms with Crippen LogP contribution in [0.25, 0.3) is 0 Å². The van der Waals surface area contributed by atoms with Crippen molar-refractivity contribution in [2.75, 3.05) is 19.8 Å². The van der Waals surface area contributed by atoms with Crippen molar-refractivity contribution < 1.29 is 14.0 Å². The molecule has 0 aromatic rings. The van der Waals surface area contributed by atoms with Gasteiger partial charge in [0.05, 0.1) is 0 Å². The molecular formula is C18H45BO3S6Sn3. The van der Waals surface area contributed by atoms with E-state index in [4.69, 9.17) is 51.8 Å². The third-order valence-electron chi connectivity index (χ3n) is 4.20. The fraction of sp³-hybridized carbons (Fsp3) is 1.00. The molecule has 0 aliphatic heterocycles. The molecule has 3 nitrogen and oxygen atoms in total. The van der Waals surface area contributed by atoms with Gasteiger partial charge in [0.1, 0.15) is 0 Å². The van der Waals surface area contributed by atoms with Crippen LogP contribution in [0, 0.1) is 0 Å². The fourth-order valence-corrected chi connectivity index (χ4v) is 16.6. The predicted octanol–water partition coefficient (Wildman–Crippen LogP) is 2.94. The Bertz CT molecular complexity index is 300. The van der Waals surface area contributed by atoms with Crippen LogP contribution in [0.5, 0.6) is 0 Å². The third-order valence-corrected chi connectivity index (χ3v) is 21.5. The molecule has 186 valence electrons. The molecule has 13 heteroatoms. The Balaban J connectivity index is -0.00000121. The van der Waals surface area contributed by atoms with E-state index in [0.29, 0.717) is 29.6 Å². The number of unbranched alkanes of at least 4 members (excludes halogenated alkanes) is 3. The van der Waals surface area contributed by atoms with Crippen LogP contribution in [0.4, 0.5) is 0 Å². The molecule has 0 bridgehead atoms. The van der Waals surface area contributed by atoms with Gasteiger partial charge in [-0.25, -0.2) is 0 Å². The molecule has 0 aromatic carbocycles. The first-order valence-electron chi connectivity index (χ1n) is 10.9. The van der Waals surface area contributed by atoms with Gasteiger partial charge in [-0.3, -0.25) is 0 Å². The molecule has 31 heavy (non-hydrogen) atoms. The molecule has 3 unspecified atom stereocenters. The van der Waals surface area contributed by atoms with Crippen molar-refractivity contribution in [1.82, 2.24) is 0 Å². The van der Waals surface area contributed by atoms with Crippen LogP contribution < -0.4 is 0 Å². The summed E-state index contributed by atoms with van der Waals surface area (Å²) in [4.78, 5) is 0. The first-order chi connectivity index (χ1) is 13.5. The number of hydrogen-bond acceptors (Lipinski definition) is 9. The van der Waals surface area contributed by atoms with E-state index >= 15 is 0 Å². The first-order valence-corrected chi connectivity index (χ1v) is 25.2. The number of hydrogen-bond donors (Lipinski definition) is 3. The molecule has 0 saturated carbocycles. The number of thiol groups is 6. The minimum atomic E-state index is -0.655. The van der Waals surface area contributed by atoms with E-state index in [1.165, 1.54) is 51.8 Å². The van der Waals surface area contributed by atoms with E-state index in [1.54, 1.807) is 0 Å². The average Bonchev–Trinajstić information content (AvgIpc) is 2.68. The predicted molar refractivity (Wildman–Crippen MR) is 169 cm³/mol. The second-order valence-corrected chi connectivity index (χ2v) is 29.8. The van der Waals surface area contributed by atoms with Gasteiger partial charge in [0.25, 0.3) is 0 Å². The molecule has 0 fully saturated rings. The van der Waals surface area contributed by atoms with Gasteiger partial charge in [0.2, 0.25) is 0 Å². The van der Waals surface area contributed by atoms with Crippen molar-refractivity contribution in [3.8, 4) is 0 Å². The SMILES string of the molecule is CCC[CH2][SnH+][CH](S)COB(OC[CH](S)[SnH+][CH2]CCC)OC[CH](S)[SnH+][CH2]CCC.[SH-].[SH-].[SH-]. The zero-order valence-corrected chi connectivity index (χ0v) is 34.7. The van der Waals surface area contributed by atoms with E-state index in [1.807, 2.05) is 0 Å². The van der Waals surface area contributed by atoms with Gasteiger partial charge >= 0.3 is 225 Å². The maximum absolute atomic E-state index is 5.99. The summed E-state index contributed by atoms with van der Waals surface area (Å²) in [5, 5.41) is 0. The van der Waals surface area contributed by atoms with E-state index < -0.39 is 70.7 Å². The molecule has 0 saturated heterocycles. The van der Waals surface area contributed by atoms with Crippen molar-refractivity contribution >= 4 is 149 Å². The first kappa shape index (κ1) is 42.5. The Morgan fingerprint density at radius 2 is 0.839 bits per heavy atom. The second kappa shape index (κ2) is 32.5. The molecule has 0 radical (unpaired) electrons. The van der Waals surface area contributed by atoms with Gasteiger partial charge in [-0.1, -0.05) is 0 Å². The monoisotopic (exact) mass is 872 g/mol. The summed E-state index contributed by atoms with van der Waals surface area (Å²) in [5.41, 5.74) is 0. The zero-order valence-electron chi connectivity index (χ0n) is 19.4. The van der Waals surface area contributed by atoms with Gasteiger partial charge < -0.3 is 40.5 Å². The van der Waals surface area contributed by atoms with Crippen LogP contribution in [0.15, 0.2) is 0 Å². The molecular weight excluding hydrogens is 824 g/mol. The molecule has 0 heterocycles. The van der Waals surface area contributed by atoms with Gasteiger partial charge in [0.15, 0.2) is 0 Å². The normalized spacial score (nSPS) is 13.0. The van der Waals surface area contributed by atoms with E-state index in [2.05, 4.69) is 20.8 Å². The quantitative estimate of drug-likeness (QED) is 0.0713. The average molecular weight is 869 g/mol. The van der Waals surface area contributed by atoms with Crippen molar-refractivity contribution in [3.05, 3.63) is 0 Å². The Morgan fingerprint density at radius 3 is 1.06 bits per heavy atom. The summed E-state index contributed by atoms with van der Waals surface area (Å²) in [6.45, 7) is 8.72. The van der Waals surface area contributed by atoms with Gasteiger partial charge in [-0.2, -0.15) is 0 Å². The summed E-state index contributed by atoms with van der Waals surface area (Å²) in [6.07, 6.45) is 7.85. The van der Waals surface area contributed by atoms with Gasteiger partial charge in [-0.15, -0.1) is 0 Å². The molecule has 0 rings (SSSR count). The van der Waals surface area contributed by atoms with Crippen LogP contribution in [0.3, 0.4) is 0 Å². The van der Waals surface area contributed by atoms with E-state index in [0.717, 1.165) is 0 Å². The smallest absolute Gasteiger partial charge is 0.813 e. The van der Waals surface area contributed by atoms with Crippen LogP contribution in [-0.4, -0.2) is 100 Å². The van der Waals surface area contributed by atoms with Gasteiger partial charge in [-0.05, 0) is 0 Å². The third kappa shape index (κ3) is 30.6. The fourth-order valence-electron chi connectivity index (χ4n) is 2.42. The zero-order chi connectivity index (χ0) is 21.0. The second-order valence-electron chi connectivity index (χ2n) is 7.12. The maximum atomic E-state index is 5.99. The van der Waals surface area contributed by atoms with Crippen LogP contribution in [-0.2, 0) is 54.5 Å². The topological polar surface area (TPSA) is 27.7 Å². The Hall–Kier alpha value is 4.44. The number of rotatable bonds is 21. The minimum Gasteiger partial charge on any atom is -0.813 e. The summed E-state index contributed by atoms with van der Waals surface area (Å²) in [5.74, 6) is 0. The standard InChI is InChI=1S/C6H12BO3S3.3C4H9.3H2S.3Sn.3H/c11-4-1-8-7(9-2-5-12)10-3-6-13;3*1-3-4-2;;;;;;;;;/h4-6,11-13H,1-3H2;3*1,3-4H2,2H3;3*1H2;;;;;;/q;;;;;;;3*+1;;;/p-3. The van der Waals surface area contributed by atoms with Crippen LogP contribution in [0.1, 0.15) is 59.3 Å².